The van der Waals surface area contributed by atoms with Crippen molar-refractivity contribution in [1.29, 1.82) is 0 Å². The predicted molar refractivity (Wildman–Crippen MR) is 137 cm³/mol. The van der Waals surface area contributed by atoms with Crippen molar-refractivity contribution in [1.82, 2.24) is 24.5 Å². The summed E-state index contributed by atoms with van der Waals surface area (Å²) < 4.78 is 33.5. The summed E-state index contributed by atoms with van der Waals surface area (Å²) >= 11 is 0. The van der Waals surface area contributed by atoms with Gasteiger partial charge in [0.25, 0.3) is 0 Å². The average Bonchev–Trinajstić information content (AvgIpc) is 3.35. The molecule has 8 nitrogen and oxygen atoms in total. The van der Waals surface area contributed by atoms with Crippen LogP contribution in [-0.4, -0.2) is 75.0 Å². The zero-order valence-corrected chi connectivity index (χ0v) is 20.2. The van der Waals surface area contributed by atoms with Crippen LogP contribution in [0.1, 0.15) is 44.9 Å². The molecular formula is C26H31F2N7O. The summed E-state index contributed by atoms with van der Waals surface area (Å²) in [7, 11) is 0. The molecule has 3 aromatic rings. The quantitative estimate of drug-likeness (QED) is 0.507. The molecular weight excluding hydrogens is 464 g/mol. The topological polar surface area (TPSA) is 79.9 Å². The third-order valence-electron chi connectivity index (χ3n) is 7.48. The van der Waals surface area contributed by atoms with Crippen molar-refractivity contribution >= 4 is 28.9 Å². The maximum Gasteiger partial charge on any atom is 0.241 e. The van der Waals surface area contributed by atoms with Crippen molar-refractivity contribution in [3.8, 4) is 11.3 Å². The molecule has 2 fully saturated rings. The number of rotatable bonds is 7. The molecule has 190 valence electrons. The summed E-state index contributed by atoms with van der Waals surface area (Å²) in [6.45, 7) is 9.50. The van der Waals surface area contributed by atoms with E-state index in [0.717, 1.165) is 55.9 Å². The lowest BCUT2D eigenvalue weighted by molar-refractivity contribution is -0.0705. The van der Waals surface area contributed by atoms with Gasteiger partial charge in [-0.05, 0) is 44.0 Å². The maximum absolute atomic E-state index is 13.2. The lowest BCUT2D eigenvalue weighted by Crippen LogP contribution is -2.53. The average molecular weight is 496 g/mol. The third kappa shape index (κ3) is 4.18. The fourth-order valence-electron chi connectivity index (χ4n) is 5.35. The minimum Gasteiger partial charge on any atom is -0.378 e. The van der Waals surface area contributed by atoms with E-state index < -0.39 is 12.3 Å². The number of ether oxygens (including phenoxy) is 1. The highest BCUT2D eigenvalue weighted by Crippen LogP contribution is 2.39. The van der Waals surface area contributed by atoms with E-state index in [9.17, 15) is 8.78 Å². The highest BCUT2D eigenvalue weighted by molar-refractivity contribution is 5.96. The standard InChI is InChI=1S/C26H29F2N7O.H2/c1-3-17-10-20(21-4-5-22-25(32-21)19(11-24(27)28)15(2)30-22)23-12-29-26(33-35(17)23)31-16-6-8-34(9-7-16)18-13-36-14-18;/h3-5,10,12,16,18-19,24H,1,6-9,11,13-14H2,2H3,(H,31,33);1H. The van der Waals surface area contributed by atoms with Gasteiger partial charge in [-0.3, -0.25) is 9.89 Å². The van der Waals surface area contributed by atoms with Crippen LogP contribution in [0.3, 0.4) is 0 Å². The van der Waals surface area contributed by atoms with Crippen LogP contribution in [0.2, 0.25) is 0 Å². The van der Waals surface area contributed by atoms with Crippen molar-refractivity contribution in [2.24, 2.45) is 4.99 Å². The number of piperidine rings is 1. The number of halogens is 2. The van der Waals surface area contributed by atoms with Gasteiger partial charge < -0.3 is 10.1 Å². The molecule has 0 amide bonds. The van der Waals surface area contributed by atoms with E-state index in [1.165, 1.54) is 0 Å². The lowest BCUT2D eigenvalue weighted by Gasteiger charge is -2.41. The van der Waals surface area contributed by atoms with Crippen molar-refractivity contribution in [3.63, 3.8) is 0 Å². The number of aliphatic imine (C=N–C) groups is 1. The molecule has 10 heteroatoms. The van der Waals surface area contributed by atoms with Gasteiger partial charge in [-0.15, -0.1) is 5.10 Å². The molecule has 1 unspecified atom stereocenters. The molecule has 0 aliphatic carbocycles. The van der Waals surface area contributed by atoms with Gasteiger partial charge in [0.1, 0.15) is 0 Å². The van der Waals surface area contributed by atoms with Gasteiger partial charge in [-0.1, -0.05) is 6.58 Å². The SMILES string of the molecule is C=Cc1cc(-c2ccc3c(n2)C(CC(F)F)C(C)=N3)c2cnc(NC3CCN(C4COC4)CC3)nn12.[HH]. The number of hydrogen-bond acceptors (Lipinski definition) is 7. The molecule has 1 atom stereocenters. The van der Waals surface area contributed by atoms with Crippen LogP contribution in [0.5, 0.6) is 0 Å². The van der Waals surface area contributed by atoms with Crippen molar-refractivity contribution < 1.29 is 14.9 Å². The Kier molecular flexibility index (Phi) is 6.00. The lowest BCUT2D eigenvalue weighted by atomic mass is 9.97. The molecule has 3 aliphatic heterocycles. The van der Waals surface area contributed by atoms with Gasteiger partial charge in [0.05, 0.1) is 53.7 Å². The molecule has 1 N–H and O–H groups in total. The summed E-state index contributed by atoms with van der Waals surface area (Å²) in [5, 5.41) is 8.24. The van der Waals surface area contributed by atoms with Crippen LogP contribution in [-0.2, 0) is 4.74 Å². The predicted octanol–water partition coefficient (Wildman–Crippen LogP) is 4.80. The molecule has 2 saturated heterocycles. The van der Waals surface area contributed by atoms with Gasteiger partial charge >= 0.3 is 0 Å². The molecule has 0 saturated carbocycles. The number of likely N-dealkylation sites (tertiary alicyclic amines) is 1. The first-order valence-corrected chi connectivity index (χ1v) is 12.4. The number of fused-ring (bicyclic) bond motifs is 2. The number of alkyl halides is 2. The summed E-state index contributed by atoms with van der Waals surface area (Å²) in [6.07, 6.45) is 2.89. The molecule has 0 bridgehead atoms. The minimum absolute atomic E-state index is 0. The second-order valence-corrected chi connectivity index (χ2v) is 9.75. The first-order valence-electron chi connectivity index (χ1n) is 12.4. The van der Waals surface area contributed by atoms with Gasteiger partial charge in [0.2, 0.25) is 12.4 Å². The van der Waals surface area contributed by atoms with Crippen LogP contribution in [0.4, 0.5) is 20.4 Å². The van der Waals surface area contributed by atoms with Gasteiger partial charge in [0.15, 0.2) is 0 Å². The Balaban J connectivity index is 0.00000280. The molecule has 0 radical (unpaired) electrons. The first-order chi connectivity index (χ1) is 17.5. The maximum atomic E-state index is 13.2. The molecule has 6 rings (SSSR count). The van der Waals surface area contributed by atoms with E-state index in [0.29, 0.717) is 40.8 Å². The van der Waals surface area contributed by atoms with E-state index in [4.69, 9.17) is 14.8 Å². The molecule has 6 heterocycles. The smallest absolute Gasteiger partial charge is 0.241 e. The molecule has 3 aromatic heterocycles. The summed E-state index contributed by atoms with van der Waals surface area (Å²) in [4.78, 5) is 16.3. The van der Waals surface area contributed by atoms with Gasteiger partial charge in [-0.2, -0.15) is 0 Å². The van der Waals surface area contributed by atoms with Crippen LogP contribution in [0.25, 0.3) is 22.9 Å². The number of hydrogen-bond donors (Lipinski definition) is 1. The van der Waals surface area contributed by atoms with Crippen molar-refractivity contribution in [3.05, 3.63) is 42.4 Å². The number of nitrogens with one attached hydrogen (secondary N) is 1. The van der Waals surface area contributed by atoms with E-state index in [2.05, 4.69) is 26.8 Å². The first kappa shape index (κ1) is 23.2. The Morgan fingerprint density at radius 3 is 2.78 bits per heavy atom. The monoisotopic (exact) mass is 495 g/mol. The largest absolute Gasteiger partial charge is 0.378 e. The van der Waals surface area contributed by atoms with Crippen molar-refractivity contribution in [2.45, 2.75) is 50.6 Å². The third-order valence-corrected chi connectivity index (χ3v) is 7.48. The molecule has 3 aliphatic rings. The van der Waals surface area contributed by atoms with Crippen LogP contribution in [0.15, 0.2) is 36.0 Å². The Bertz CT molecular complexity index is 1330. The zero-order valence-electron chi connectivity index (χ0n) is 20.2. The fraction of sp³-hybridized carbons (Fsp3) is 0.462. The normalized spacial score (nSPS) is 21.0. The molecule has 0 aromatic carbocycles. The Labute approximate surface area is 209 Å². The van der Waals surface area contributed by atoms with Crippen LogP contribution < -0.4 is 5.32 Å². The summed E-state index contributed by atoms with van der Waals surface area (Å²) in [5.41, 5.74) is 5.04. The summed E-state index contributed by atoms with van der Waals surface area (Å²) in [5.74, 6) is 0.101. The second kappa shape index (κ2) is 9.33. The van der Waals surface area contributed by atoms with E-state index in [1.807, 2.05) is 22.7 Å². The Morgan fingerprint density at radius 1 is 1.28 bits per heavy atom. The van der Waals surface area contributed by atoms with Gasteiger partial charge in [0, 0.05) is 44.2 Å². The Hall–Kier alpha value is -3.24. The summed E-state index contributed by atoms with van der Waals surface area (Å²) in [6, 6.07) is 6.56. The fourth-order valence-corrected chi connectivity index (χ4v) is 5.35. The molecule has 36 heavy (non-hydrogen) atoms. The van der Waals surface area contributed by atoms with E-state index in [1.54, 1.807) is 19.2 Å². The van der Waals surface area contributed by atoms with E-state index >= 15 is 0 Å². The van der Waals surface area contributed by atoms with Crippen LogP contribution >= 0.6 is 0 Å². The second-order valence-electron chi connectivity index (χ2n) is 9.75. The number of aromatic nitrogens is 4. The van der Waals surface area contributed by atoms with Gasteiger partial charge in [-0.25, -0.2) is 23.3 Å². The number of anilines is 1. The number of nitrogens with zero attached hydrogens (tertiary/aromatic N) is 6. The Morgan fingerprint density at radius 2 is 2.08 bits per heavy atom. The zero-order chi connectivity index (χ0) is 24.8. The minimum atomic E-state index is -2.42. The highest BCUT2D eigenvalue weighted by Gasteiger charge is 2.31. The number of pyridine rings is 1. The molecule has 0 spiro atoms. The highest BCUT2D eigenvalue weighted by atomic mass is 19.3. The van der Waals surface area contributed by atoms with Crippen molar-refractivity contribution in [2.75, 3.05) is 31.6 Å². The van der Waals surface area contributed by atoms with E-state index in [-0.39, 0.29) is 7.85 Å². The van der Waals surface area contributed by atoms with Crippen LogP contribution in [0, 0.1) is 0 Å².